The van der Waals surface area contributed by atoms with Crippen LogP contribution in [0.15, 0.2) is 18.5 Å². The Morgan fingerprint density at radius 2 is 1.90 bits per heavy atom. The molecule has 0 aliphatic carbocycles. The molecule has 0 saturated heterocycles. The highest BCUT2D eigenvalue weighted by Crippen LogP contribution is 2.22. The van der Waals surface area contributed by atoms with E-state index in [2.05, 4.69) is 15.0 Å². The first-order valence-corrected chi connectivity index (χ1v) is 6.44. The minimum atomic E-state index is -1.01. The van der Waals surface area contributed by atoms with Gasteiger partial charge >= 0.3 is 5.97 Å². The van der Waals surface area contributed by atoms with E-state index >= 15 is 0 Å². The molecule has 2 rings (SSSR count). The summed E-state index contributed by atoms with van der Waals surface area (Å²) in [7, 11) is 0. The molecule has 5 heteroatoms. The van der Waals surface area contributed by atoms with Crippen LogP contribution in [0.2, 0.25) is 0 Å². The highest BCUT2D eigenvalue weighted by atomic mass is 16.4. The second kappa shape index (κ2) is 5.36. The van der Waals surface area contributed by atoms with Crippen molar-refractivity contribution in [1.82, 2.24) is 15.0 Å². The topological polar surface area (TPSA) is 76.0 Å². The number of carbonyl (C=O) groups is 1. The normalized spacial score (nSPS) is 10.8. The van der Waals surface area contributed by atoms with E-state index in [0.717, 1.165) is 11.1 Å². The van der Waals surface area contributed by atoms with Crippen molar-refractivity contribution in [2.24, 2.45) is 0 Å². The Bertz CT molecular complexity index is 666. The van der Waals surface area contributed by atoms with Crippen molar-refractivity contribution in [3.05, 3.63) is 40.8 Å². The monoisotopic (exact) mass is 271 g/mol. The fourth-order valence-electron chi connectivity index (χ4n) is 2.06. The minimum absolute atomic E-state index is 0.00797. The first-order valence-electron chi connectivity index (χ1n) is 6.44. The van der Waals surface area contributed by atoms with E-state index in [4.69, 9.17) is 0 Å². The first-order chi connectivity index (χ1) is 9.40. The van der Waals surface area contributed by atoms with Crippen molar-refractivity contribution in [3.63, 3.8) is 0 Å². The lowest BCUT2D eigenvalue weighted by Gasteiger charge is -2.11. The van der Waals surface area contributed by atoms with E-state index in [1.807, 2.05) is 33.8 Å². The maximum absolute atomic E-state index is 11.2. The van der Waals surface area contributed by atoms with E-state index in [1.165, 1.54) is 6.20 Å². The van der Waals surface area contributed by atoms with Crippen LogP contribution < -0.4 is 0 Å². The van der Waals surface area contributed by atoms with Crippen molar-refractivity contribution in [2.75, 3.05) is 0 Å². The number of aryl methyl sites for hydroxylation is 2. The Hall–Kier alpha value is -2.30. The molecule has 20 heavy (non-hydrogen) atoms. The summed E-state index contributed by atoms with van der Waals surface area (Å²) in [6, 6.07) is 2.01. The second-order valence-electron chi connectivity index (χ2n) is 5.13. The molecule has 1 N–H and O–H groups in total. The Morgan fingerprint density at radius 1 is 1.20 bits per heavy atom. The van der Waals surface area contributed by atoms with Gasteiger partial charge in [0.25, 0.3) is 0 Å². The highest BCUT2D eigenvalue weighted by molar-refractivity contribution is 5.88. The Morgan fingerprint density at radius 3 is 2.45 bits per heavy atom. The zero-order valence-electron chi connectivity index (χ0n) is 12.0. The zero-order chi connectivity index (χ0) is 14.9. The third-order valence-corrected chi connectivity index (χ3v) is 3.02. The standard InChI is InChI=1S/C15H17N3O2/c1-8(2)12-11(15(19)20)7-17-14(18-12)13-10(4)5-9(3)6-16-13/h5-8H,1-4H3,(H,19,20). The lowest BCUT2D eigenvalue weighted by atomic mass is 10.0. The van der Waals surface area contributed by atoms with Gasteiger partial charge in [0.05, 0.1) is 11.3 Å². The maximum Gasteiger partial charge on any atom is 0.339 e. The predicted molar refractivity (Wildman–Crippen MR) is 75.8 cm³/mol. The molecule has 0 amide bonds. The van der Waals surface area contributed by atoms with E-state index in [1.54, 1.807) is 6.20 Å². The van der Waals surface area contributed by atoms with Gasteiger partial charge in [0.1, 0.15) is 5.69 Å². The lowest BCUT2D eigenvalue weighted by molar-refractivity contribution is 0.0694. The summed E-state index contributed by atoms with van der Waals surface area (Å²) in [5.74, 6) is -0.529. The molecule has 0 atom stereocenters. The summed E-state index contributed by atoms with van der Waals surface area (Å²) in [6.07, 6.45) is 3.12. The molecule has 0 radical (unpaired) electrons. The summed E-state index contributed by atoms with van der Waals surface area (Å²) < 4.78 is 0. The summed E-state index contributed by atoms with van der Waals surface area (Å²) in [4.78, 5) is 24.1. The third-order valence-electron chi connectivity index (χ3n) is 3.02. The van der Waals surface area contributed by atoms with Crippen LogP contribution in [0.3, 0.4) is 0 Å². The summed E-state index contributed by atoms with van der Waals surface area (Å²) >= 11 is 0. The van der Waals surface area contributed by atoms with Crippen molar-refractivity contribution in [3.8, 4) is 11.5 Å². The van der Waals surface area contributed by atoms with Crippen LogP contribution in [0.25, 0.3) is 11.5 Å². The Kier molecular flexibility index (Phi) is 3.79. The molecule has 0 fully saturated rings. The number of pyridine rings is 1. The molecule has 2 aromatic heterocycles. The summed E-state index contributed by atoms with van der Waals surface area (Å²) in [5.41, 5.74) is 3.41. The number of rotatable bonds is 3. The molecule has 104 valence electrons. The first kappa shape index (κ1) is 14.1. The van der Waals surface area contributed by atoms with Crippen LogP contribution in [0.4, 0.5) is 0 Å². The van der Waals surface area contributed by atoms with E-state index in [-0.39, 0.29) is 11.5 Å². The number of carboxylic acid groups (broad SMARTS) is 1. The van der Waals surface area contributed by atoms with Gasteiger partial charge in [0, 0.05) is 12.4 Å². The average Bonchev–Trinajstić information content (AvgIpc) is 2.37. The predicted octanol–water partition coefficient (Wildman–Crippen LogP) is 2.98. The molecule has 0 aliphatic heterocycles. The van der Waals surface area contributed by atoms with Crippen molar-refractivity contribution in [1.29, 1.82) is 0 Å². The number of aromatic carboxylic acids is 1. The fourth-order valence-corrected chi connectivity index (χ4v) is 2.06. The number of hydrogen-bond acceptors (Lipinski definition) is 4. The smallest absolute Gasteiger partial charge is 0.339 e. The van der Waals surface area contributed by atoms with Crippen LogP contribution in [0, 0.1) is 13.8 Å². The van der Waals surface area contributed by atoms with Crippen molar-refractivity contribution < 1.29 is 9.90 Å². The number of aromatic nitrogens is 3. The Balaban J connectivity index is 2.59. The minimum Gasteiger partial charge on any atom is -0.478 e. The van der Waals surface area contributed by atoms with E-state index in [9.17, 15) is 9.90 Å². The van der Waals surface area contributed by atoms with Gasteiger partial charge in [-0.2, -0.15) is 0 Å². The maximum atomic E-state index is 11.2. The zero-order valence-corrected chi connectivity index (χ0v) is 12.0. The molecular formula is C15H17N3O2. The average molecular weight is 271 g/mol. The van der Waals surface area contributed by atoms with Crippen LogP contribution in [-0.4, -0.2) is 26.0 Å². The number of nitrogens with zero attached hydrogens (tertiary/aromatic N) is 3. The summed E-state index contributed by atoms with van der Waals surface area (Å²) in [6.45, 7) is 7.73. The van der Waals surface area contributed by atoms with Crippen LogP contribution in [-0.2, 0) is 0 Å². The largest absolute Gasteiger partial charge is 0.478 e. The second-order valence-corrected chi connectivity index (χ2v) is 5.13. The van der Waals surface area contributed by atoms with Crippen molar-refractivity contribution >= 4 is 5.97 Å². The molecule has 0 bridgehead atoms. The molecule has 0 aliphatic rings. The Labute approximate surface area is 117 Å². The van der Waals surface area contributed by atoms with E-state index < -0.39 is 5.97 Å². The lowest BCUT2D eigenvalue weighted by Crippen LogP contribution is -2.09. The van der Waals surface area contributed by atoms with Gasteiger partial charge in [-0.15, -0.1) is 0 Å². The van der Waals surface area contributed by atoms with Crippen molar-refractivity contribution in [2.45, 2.75) is 33.6 Å². The van der Waals surface area contributed by atoms with Gasteiger partial charge in [-0.25, -0.2) is 14.8 Å². The molecule has 2 aromatic rings. The number of carboxylic acids is 1. The third kappa shape index (κ3) is 2.66. The highest BCUT2D eigenvalue weighted by Gasteiger charge is 2.18. The summed E-state index contributed by atoms with van der Waals surface area (Å²) in [5, 5.41) is 9.17. The number of hydrogen-bond donors (Lipinski definition) is 1. The quantitative estimate of drug-likeness (QED) is 0.928. The van der Waals surface area contributed by atoms with Gasteiger partial charge in [-0.05, 0) is 30.9 Å². The molecule has 0 aromatic carbocycles. The molecule has 5 nitrogen and oxygen atoms in total. The van der Waals surface area contributed by atoms with Crippen LogP contribution >= 0.6 is 0 Å². The fraction of sp³-hybridized carbons (Fsp3) is 0.333. The molecular weight excluding hydrogens is 254 g/mol. The van der Waals surface area contributed by atoms with Gasteiger partial charge < -0.3 is 5.11 Å². The van der Waals surface area contributed by atoms with Crippen LogP contribution in [0.1, 0.15) is 46.9 Å². The van der Waals surface area contributed by atoms with Crippen LogP contribution in [0.5, 0.6) is 0 Å². The van der Waals surface area contributed by atoms with E-state index in [0.29, 0.717) is 17.2 Å². The van der Waals surface area contributed by atoms with Gasteiger partial charge in [-0.3, -0.25) is 4.98 Å². The van der Waals surface area contributed by atoms with Gasteiger partial charge in [0.15, 0.2) is 5.82 Å². The van der Waals surface area contributed by atoms with Gasteiger partial charge in [-0.1, -0.05) is 19.9 Å². The molecule has 0 saturated carbocycles. The van der Waals surface area contributed by atoms with Gasteiger partial charge in [0.2, 0.25) is 0 Å². The SMILES string of the molecule is Cc1cnc(-c2ncc(C(=O)O)c(C(C)C)n2)c(C)c1. The molecule has 0 spiro atoms. The molecule has 2 heterocycles. The molecule has 0 unspecified atom stereocenters.